The Hall–Kier alpha value is -4.60. The molecule has 0 bridgehead atoms. The number of hydrogen-bond acceptors (Lipinski definition) is 12. The predicted octanol–water partition coefficient (Wildman–Crippen LogP) is 1.31. The van der Waals surface area contributed by atoms with Gasteiger partial charge in [0.15, 0.2) is 23.4 Å². The number of hydrogen-bond donors (Lipinski definition) is 6. The zero-order valence-corrected chi connectivity index (χ0v) is 23.3. The number of ether oxygens (including phenoxy) is 3. The molecule has 41 heavy (non-hydrogen) atoms. The summed E-state index contributed by atoms with van der Waals surface area (Å²) in [5.41, 5.74) is 1.02. The van der Waals surface area contributed by atoms with E-state index in [1.807, 2.05) is 0 Å². The van der Waals surface area contributed by atoms with E-state index in [1.165, 1.54) is 25.3 Å². The zero-order valence-electron chi connectivity index (χ0n) is 22.5. The minimum atomic E-state index is -2.67. The summed E-state index contributed by atoms with van der Waals surface area (Å²) in [5.74, 6) is -3.17. The highest BCUT2D eigenvalue weighted by molar-refractivity contribution is 7.89. The fraction of sp³-hybridized carbons (Fsp3) is 0.269. The van der Waals surface area contributed by atoms with Crippen molar-refractivity contribution >= 4 is 39.4 Å². The molecule has 2 atom stereocenters. The van der Waals surface area contributed by atoms with Gasteiger partial charge in [-0.2, -0.15) is 0 Å². The zero-order chi connectivity index (χ0) is 31.3. The van der Waals surface area contributed by atoms with E-state index in [4.69, 9.17) is 35.0 Å². The van der Waals surface area contributed by atoms with Crippen LogP contribution in [0, 0.1) is 0 Å². The molecule has 15 heteroatoms. The summed E-state index contributed by atoms with van der Waals surface area (Å²) in [7, 11) is 0.404. The summed E-state index contributed by atoms with van der Waals surface area (Å²) >= 11 is 0. The van der Waals surface area contributed by atoms with Gasteiger partial charge in [0.05, 0.1) is 32.1 Å². The monoisotopic (exact) mass is 597 g/mol. The van der Waals surface area contributed by atoms with Gasteiger partial charge in [-0.25, -0.2) is 18.0 Å². The number of rotatable bonds is 8. The van der Waals surface area contributed by atoms with E-state index in [-0.39, 0.29) is 11.3 Å². The van der Waals surface area contributed by atoms with E-state index in [0.717, 1.165) is 18.1 Å². The van der Waals surface area contributed by atoms with Gasteiger partial charge in [-0.05, 0) is 35.9 Å². The first-order valence-corrected chi connectivity index (χ1v) is 13.7. The third-order valence-corrected chi connectivity index (χ3v) is 4.73. The van der Waals surface area contributed by atoms with Gasteiger partial charge in [0.2, 0.25) is 11.7 Å². The molecular formula is C26H31NO13S. The van der Waals surface area contributed by atoms with Gasteiger partial charge in [0.25, 0.3) is 0 Å². The molecule has 1 aliphatic rings. The summed E-state index contributed by atoms with van der Waals surface area (Å²) in [5, 5.41) is 46.7. The van der Waals surface area contributed by atoms with Crippen LogP contribution in [0.5, 0.6) is 11.5 Å². The number of aliphatic hydroxyl groups is 4. The number of cyclic esters (lactones) is 1. The van der Waals surface area contributed by atoms with Crippen molar-refractivity contribution in [2.75, 3.05) is 38.7 Å². The van der Waals surface area contributed by atoms with Gasteiger partial charge >= 0.3 is 11.9 Å². The van der Waals surface area contributed by atoms with Gasteiger partial charge in [-0.15, -0.1) is 0 Å². The van der Waals surface area contributed by atoms with Gasteiger partial charge in [0.1, 0.15) is 15.9 Å². The van der Waals surface area contributed by atoms with Gasteiger partial charge in [0, 0.05) is 18.6 Å². The number of carboxylic acid groups (broad SMARTS) is 1. The van der Waals surface area contributed by atoms with Crippen molar-refractivity contribution < 1.29 is 62.5 Å². The minimum absolute atomic E-state index is 0.0327. The van der Waals surface area contributed by atoms with Crippen molar-refractivity contribution in [3.63, 3.8) is 0 Å². The van der Waals surface area contributed by atoms with Crippen LogP contribution in [-0.4, -0.2) is 97.3 Å². The first-order chi connectivity index (χ1) is 19.1. The molecule has 0 aliphatic carbocycles. The van der Waals surface area contributed by atoms with Crippen LogP contribution in [0.2, 0.25) is 0 Å². The van der Waals surface area contributed by atoms with Crippen LogP contribution in [0.1, 0.15) is 15.9 Å². The van der Waals surface area contributed by atoms with E-state index >= 15 is 0 Å². The lowest BCUT2D eigenvalue weighted by atomic mass is 10.1. The molecule has 2 aromatic carbocycles. The lowest BCUT2D eigenvalue weighted by Gasteiger charge is -2.13. The first-order valence-electron chi connectivity index (χ1n) is 11.4. The molecule has 14 nitrogen and oxygen atoms in total. The number of carboxylic acids is 1. The van der Waals surface area contributed by atoms with Crippen molar-refractivity contribution in [1.29, 1.82) is 0 Å². The maximum absolute atomic E-state index is 12.0. The van der Waals surface area contributed by atoms with Gasteiger partial charge < -0.3 is 45.1 Å². The molecule has 1 aliphatic heterocycles. The quantitative estimate of drug-likeness (QED) is 0.187. The number of carbonyl (C=O) groups is 3. The third-order valence-electron chi connectivity index (χ3n) is 4.73. The maximum Gasteiger partial charge on any atom is 0.377 e. The fourth-order valence-corrected chi connectivity index (χ4v) is 2.90. The molecule has 0 saturated heterocycles. The van der Waals surface area contributed by atoms with Crippen LogP contribution in [0.25, 0.3) is 6.08 Å². The second-order valence-corrected chi connectivity index (χ2v) is 10.5. The standard InChI is InChI=1S/C18H17NO5.C6H8O6.C2H6O2S/c1-23-15-9-7-12(11-16(15)24-2)8-10-17(20)19-14-6-4-3-5-13(14)18(21)22;7-1-2(8)5-3(9)4(10)6(11)12-5;1-5(2,3)4/h3-11H,1-2H3,(H,19,20)(H,21,22);2,5,7-10H,1H2;1-2H3/b10-8+;;/t;2-,5+;/m.0./s1. The fourth-order valence-electron chi connectivity index (χ4n) is 2.90. The molecule has 224 valence electrons. The molecule has 0 saturated carbocycles. The highest BCUT2D eigenvalue weighted by Crippen LogP contribution is 2.28. The van der Waals surface area contributed by atoms with E-state index < -0.39 is 58.0 Å². The average Bonchev–Trinajstić information content (AvgIpc) is 3.18. The van der Waals surface area contributed by atoms with Crippen LogP contribution in [0.15, 0.2) is 60.1 Å². The largest absolute Gasteiger partial charge is 0.505 e. The van der Waals surface area contributed by atoms with E-state index in [9.17, 15) is 22.8 Å². The van der Waals surface area contributed by atoms with Crippen molar-refractivity contribution in [3.8, 4) is 11.5 Å². The number of aromatic carboxylic acids is 1. The van der Waals surface area contributed by atoms with Crippen LogP contribution in [0.3, 0.4) is 0 Å². The summed E-state index contributed by atoms with van der Waals surface area (Å²) in [6, 6.07) is 11.4. The average molecular weight is 598 g/mol. The number of anilines is 1. The van der Waals surface area contributed by atoms with Crippen LogP contribution >= 0.6 is 0 Å². The number of para-hydroxylation sites is 1. The third kappa shape index (κ3) is 11.6. The number of amides is 1. The molecule has 2 aromatic rings. The second kappa shape index (κ2) is 15.9. The Bertz CT molecular complexity index is 1390. The number of esters is 1. The van der Waals surface area contributed by atoms with Crippen LogP contribution in [-0.2, 0) is 24.2 Å². The van der Waals surface area contributed by atoms with Crippen molar-refractivity contribution in [3.05, 3.63) is 71.2 Å². The number of carbonyl (C=O) groups excluding carboxylic acids is 2. The maximum atomic E-state index is 12.0. The normalized spacial score (nSPS) is 15.1. The van der Waals surface area contributed by atoms with Crippen LogP contribution < -0.4 is 14.8 Å². The predicted molar refractivity (Wildman–Crippen MR) is 147 cm³/mol. The highest BCUT2D eigenvalue weighted by atomic mass is 32.2. The Kier molecular flexibility index (Phi) is 13.3. The molecule has 1 amide bonds. The Morgan fingerprint density at radius 2 is 1.66 bits per heavy atom. The SMILES string of the molecule is COc1ccc(/C=C/C(=O)Nc2ccccc2C(=O)O)cc1OC.CS(C)(=O)=O.O=C1O[C@H]([C@@H](O)CO)C(O)=C1O. The molecule has 0 aromatic heterocycles. The second-order valence-electron chi connectivity index (χ2n) is 8.24. The molecule has 0 fully saturated rings. The molecule has 1 heterocycles. The van der Waals surface area contributed by atoms with Gasteiger partial charge in [-0.1, -0.05) is 18.2 Å². The first kappa shape index (κ1) is 34.4. The Labute approximate surface area is 235 Å². The summed E-state index contributed by atoms with van der Waals surface area (Å²) < 4.78 is 33.9. The Balaban J connectivity index is 0.000000409. The van der Waals surface area contributed by atoms with Crippen molar-refractivity contribution in [1.82, 2.24) is 0 Å². The smallest absolute Gasteiger partial charge is 0.377 e. The van der Waals surface area contributed by atoms with E-state index in [1.54, 1.807) is 43.5 Å². The molecule has 0 radical (unpaired) electrons. The number of nitrogens with one attached hydrogen (secondary N) is 1. The van der Waals surface area contributed by atoms with Crippen LogP contribution in [0.4, 0.5) is 5.69 Å². The number of methoxy groups -OCH3 is 2. The van der Waals surface area contributed by atoms with Crippen molar-refractivity contribution in [2.45, 2.75) is 12.2 Å². The number of aliphatic hydroxyl groups excluding tert-OH is 4. The van der Waals surface area contributed by atoms with E-state index in [0.29, 0.717) is 11.5 Å². The topological polar surface area (TPSA) is 226 Å². The lowest BCUT2D eigenvalue weighted by molar-refractivity contribution is -0.147. The Morgan fingerprint density at radius 3 is 2.15 bits per heavy atom. The molecule has 0 spiro atoms. The number of benzene rings is 2. The van der Waals surface area contributed by atoms with E-state index in [2.05, 4.69) is 10.1 Å². The molecule has 3 rings (SSSR count). The summed E-state index contributed by atoms with van der Waals surface area (Å²) in [4.78, 5) is 33.6. The summed E-state index contributed by atoms with van der Waals surface area (Å²) in [6.07, 6.45) is 2.46. The highest BCUT2D eigenvalue weighted by Gasteiger charge is 2.38. The minimum Gasteiger partial charge on any atom is -0.505 e. The number of sulfone groups is 1. The molecule has 0 unspecified atom stereocenters. The Morgan fingerprint density at radius 1 is 1.07 bits per heavy atom. The van der Waals surface area contributed by atoms with Crippen molar-refractivity contribution in [2.24, 2.45) is 0 Å². The van der Waals surface area contributed by atoms with Gasteiger partial charge in [-0.3, -0.25) is 4.79 Å². The summed E-state index contributed by atoms with van der Waals surface area (Å²) in [6.45, 7) is -0.671. The molecular weight excluding hydrogens is 566 g/mol. The lowest BCUT2D eigenvalue weighted by Crippen LogP contribution is -2.31. The molecule has 6 N–H and O–H groups in total.